The average molecular weight is 284 g/mol. The fraction of sp³-hybridized carbons (Fsp3) is 0. The molecule has 0 aliphatic rings. The van der Waals surface area contributed by atoms with Crippen molar-refractivity contribution in [2.45, 2.75) is 0 Å². The van der Waals surface area contributed by atoms with Crippen molar-refractivity contribution in [2.75, 3.05) is 5.32 Å². The van der Waals surface area contributed by atoms with Crippen LogP contribution in [0.5, 0.6) is 0 Å². The quantitative estimate of drug-likeness (QED) is 0.846. The molecule has 0 unspecified atom stereocenters. The third-order valence-corrected chi connectivity index (χ3v) is 2.42. The van der Waals surface area contributed by atoms with Crippen LogP contribution in [-0.4, -0.2) is 21.0 Å². The highest BCUT2D eigenvalue weighted by Gasteiger charge is 2.05. The van der Waals surface area contributed by atoms with E-state index in [0.717, 1.165) is 0 Å². The van der Waals surface area contributed by atoms with Crippen molar-refractivity contribution in [2.24, 2.45) is 0 Å². The number of carboxylic acid groups (broad SMARTS) is 1. The Hall–Kier alpha value is -1.85. The Morgan fingerprint density at radius 3 is 2.44 bits per heavy atom. The molecule has 1 heterocycles. The van der Waals surface area contributed by atoms with Crippen molar-refractivity contribution >= 4 is 40.8 Å². The summed E-state index contributed by atoms with van der Waals surface area (Å²) in [6, 6.07) is 7.64. The van der Waals surface area contributed by atoms with E-state index in [1.165, 1.54) is 18.2 Å². The molecule has 5 nitrogen and oxygen atoms in total. The molecule has 2 N–H and O–H groups in total. The molecule has 92 valence electrons. The Bertz CT molecular complexity index is 584. The maximum Gasteiger partial charge on any atom is 0.335 e. The first-order valence-electron chi connectivity index (χ1n) is 4.85. The van der Waals surface area contributed by atoms with Gasteiger partial charge >= 0.3 is 5.97 Å². The fourth-order valence-electron chi connectivity index (χ4n) is 1.31. The first kappa shape index (κ1) is 12.6. The number of rotatable bonds is 3. The van der Waals surface area contributed by atoms with Crippen molar-refractivity contribution in [1.29, 1.82) is 0 Å². The van der Waals surface area contributed by atoms with Crippen molar-refractivity contribution in [3.63, 3.8) is 0 Å². The smallest absolute Gasteiger partial charge is 0.335 e. The third kappa shape index (κ3) is 3.09. The number of hydrogen-bond donors (Lipinski definition) is 2. The van der Waals surface area contributed by atoms with Crippen LogP contribution in [0.3, 0.4) is 0 Å². The predicted octanol–water partition coefficient (Wildman–Crippen LogP) is 3.23. The summed E-state index contributed by atoms with van der Waals surface area (Å²) >= 11 is 11.5. The van der Waals surface area contributed by atoms with Crippen molar-refractivity contribution < 1.29 is 9.90 Å². The number of benzene rings is 1. The number of carbonyl (C=O) groups is 1. The second kappa shape index (κ2) is 5.20. The van der Waals surface area contributed by atoms with Gasteiger partial charge in [-0.3, -0.25) is 0 Å². The van der Waals surface area contributed by atoms with Gasteiger partial charge in [0.25, 0.3) is 0 Å². The normalized spacial score (nSPS) is 10.1. The van der Waals surface area contributed by atoms with Crippen LogP contribution < -0.4 is 5.32 Å². The number of nitrogens with one attached hydrogen (secondary N) is 1. The molecule has 0 aliphatic heterocycles. The molecule has 7 heteroatoms. The molecule has 1 aromatic heterocycles. The molecule has 0 saturated carbocycles. The Labute approximate surface area is 112 Å². The van der Waals surface area contributed by atoms with Gasteiger partial charge in [-0.1, -0.05) is 29.3 Å². The second-order valence-corrected chi connectivity index (χ2v) is 4.12. The molecule has 0 atom stereocenters. The molecule has 0 radical (unpaired) electrons. The van der Waals surface area contributed by atoms with Crippen LogP contribution in [0.2, 0.25) is 10.3 Å². The van der Waals surface area contributed by atoms with Crippen molar-refractivity contribution in [3.8, 4) is 0 Å². The van der Waals surface area contributed by atoms with Gasteiger partial charge in [-0.05, 0) is 18.2 Å². The van der Waals surface area contributed by atoms with Crippen molar-refractivity contribution in [1.82, 2.24) is 9.97 Å². The maximum absolute atomic E-state index is 10.8. The first-order valence-corrected chi connectivity index (χ1v) is 5.60. The fourth-order valence-corrected chi connectivity index (χ4v) is 1.73. The van der Waals surface area contributed by atoms with Crippen LogP contribution in [0, 0.1) is 0 Å². The zero-order valence-corrected chi connectivity index (χ0v) is 10.4. The number of nitrogens with zero attached hydrogens (tertiary/aromatic N) is 2. The molecular weight excluding hydrogens is 277 g/mol. The number of halogens is 2. The van der Waals surface area contributed by atoms with Crippen molar-refractivity contribution in [3.05, 3.63) is 46.2 Å². The number of hydrogen-bond acceptors (Lipinski definition) is 4. The highest BCUT2D eigenvalue weighted by molar-refractivity contribution is 6.33. The van der Waals surface area contributed by atoms with Gasteiger partial charge in [-0.15, -0.1) is 0 Å². The van der Waals surface area contributed by atoms with E-state index in [9.17, 15) is 4.79 Å². The summed E-state index contributed by atoms with van der Waals surface area (Å²) < 4.78 is 0. The summed E-state index contributed by atoms with van der Waals surface area (Å²) in [5.41, 5.74) is 0.696. The number of aromatic carboxylic acids is 1. The lowest BCUT2D eigenvalue weighted by molar-refractivity contribution is 0.0697. The van der Waals surface area contributed by atoms with Crippen LogP contribution in [0.25, 0.3) is 0 Å². The lowest BCUT2D eigenvalue weighted by atomic mass is 10.2. The highest BCUT2D eigenvalue weighted by Crippen LogP contribution is 2.19. The molecule has 0 fully saturated rings. The Morgan fingerprint density at radius 2 is 1.83 bits per heavy atom. The topological polar surface area (TPSA) is 75.1 Å². The lowest BCUT2D eigenvalue weighted by Gasteiger charge is -2.06. The average Bonchev–Trinajstić information content (AvgIpc) is 2.27. The highest BCUT2D eigenvalue weighted by atomic mass is 35.5. The van der Waals surface area contributed by atoms with Gasteiger partial charge in [0.2, 0.25) is 5.95 Å². The van der Waals surface area contributed by atoms with E-state index in [0.29, 0.717) is 5.69 Å². The zero-order valence-electron chi connectivity index (χ0n) is 8.89. The molecular formula is C11H7Cl2N3O2. The minimum absolute atomic E-state index is 0.160. The summed E-state index contributed by atoms with van der Waals surface area (Å²) in [6.45, 7) is 0. The van der Waals surface area contributed by atoms with Gasteiger partial charge in [-0.25, -0.2) is 14.8 Å². The third-order valence-electron chi connectivity index (χ3n) is 2.03. The molecule has 0 amide bonds. The van der Waals surface area contributed by atoms with E-state index in [4.69, 9.17) is 28.3 Å². The minimum Gasteiger partial charge on any atom is -0.478 e. The minimum atomic E-state index is -1.01. The lowest BCUT2D eigenvalue weighted by Crippen LogP contribution is -2.00. The van der Waals surface area contributed by atoms with E-state index in [-0.39, 0.29) is 21.8 Å². The standard InChI is InChI=1S/C11H7Cl2N3O2/c12-8-5-9(13)16-11(15-8)14-7-3-1-2-6(4-7)10(17)18/h1-5H,(H,17,18)(H,14,15,16). The maximum atomic E-state index is 10.8. The van der Waals surface area contributed by atoms with E-state index >= 15 is 0 Å². The summed E-state index contributed by atoms with van der Waals surface area (Å²) in [4.78, 5) is 18.6. The summed E-state index contributed by atoms with van der Waals surface area (Å²) in [6.07, 6.45) is 0. The van der Waals surface area contributed by atoms with Gasteiger partial charge in [0.05, 0.1) is 5.56 Å². The summed E-state index contributed by atoms with van der Waals surface area (Å²) in [7, 11) is 0. The first-order chi connectivity index (χ1) is 8.54. The van der Waals surface area contributed by atoms with Crippen LogP contribution in [0.4, 0.5) is 11.6 Å². The monoisotopic (exact) mass is 283 g/mol. The van der Waals surface area contributed by atoms with Crippen LogP contribution in [-0.2, 0) is 0 Å². The summed E-state index contributed by atoms with van der Waals surface area (Å²) in [5, 5.41) is 12.1. The molecule has 0 spiro atoms. The van der Waals surface area contributed by atoms with Crippen LogP contribution >= 0.6 is 23.2 Å². The molecule has 1 aromatic carbocycles. The molecule has 2 aromatic rings. The number of carboxylic acids is 1. The Kier molecular flexibility index (Phi) is 3.64. The SMILES string of the molecule is O=C(O)c1cccc(Nc2nc(Cl)cc(Cl)n2)c1. The Morgan fingerprint density at radius 1 is 1.17 bits per heavy atom. The van der Waals surface area contributed by atoms with Gasteiger partial charge < -0.3 is 10.4 Å². The molecule has 0 aliphatic carbocycles. The van der Waals surface area contributed by atoms with Crippen LogP contribution in [0.1, 0.15) is 10.4 Å². The summed E-state index contributed by atoms with van der Waals surface area (Å²) in [5.74, 6) is -0.807. The molecule has 0 saturated heterocycles. The number of anilines is 2. The van der Waals surface area contributed by atoms with Gasteiger partial charge in [0.1, 0.15) is 10.3 Å². The molecule has 0 bridgehead atoms. The van der Waals surface area contributed by atoms with Crippen LogP contribution in [0.15, 0.2) is 30.3 Å². The second-order valence-electron chi connectivity index (χ2n) is 3.35. The zero-order chi connectivity index (χ0) is 13.1. The molecule has 2 rings (SSSR count). The van der Waals surface area contributed by atoms with Gasteiger partial charge in [0.15, 0.2) is 0 Å². The largest absolute Gasteiger partial charge is 0.478 e. The Balaban J connectivity index is 2.28. The number of aromatic nitrogens is 2. The predicted molar refractivity (Wildman–Crippen MR) is 68.7 cm³/mol. The van der Waals surface area contributed by atoms with E-state index in [1.807, 2.05) is 0 Å². The molecule has 18 heavy (non-hydrogen) atoms. The van der Waals surface area contributed by atoms with Gasteiger partial charge in [-0.2, -0.15) is 0 Å². The van der Waals surface area contributed by atoms with E-state index in [1.54, 1.807) is 12.1 Å². The van der Waals surface area contributed by atoms with Gasteiger partial charge in [0, 0.05) is 11.8 Å². The van der Waals surface area contributed by atoms with E-state index in [2.05, 4.69) is 15.3 Å². The van der Waals surface area contributed by atoms with E-state index < -0.39 is 5.97 Å².